The van der Waals surface area contributed by atoms with Crippen LogP contribution in [0.15, 0.2) is 54.7 Å². The molecule has 0 aliphatic carbocycles. The summed E-state index contributed by atoms with van der Waals surface area (Å²) < 4.78 is 5.64. The van der Waals surface area contributed by atoms with Gasteiger partial charge in [-0.05, 0) is 18.2 Å². The number of nitrogens with zero attached hydrogens (tertiary/aromatic N) is 2. The quantitative estimate of drug-likeness (QED) is 0.778. The number of aromatic nitrogens is 2. The van der Waals surface area contributed by atoms with Gasteiger partial charge >= 0.3 is 0 Å². The molecular formula is C15H12N2O2. The number of ether oxygens (including phenoxy) is 1. The predicted octanol–water partition coefficient (Wildman–Crippen LogP) is 2.91. The van der Waals surface area contributed by atoms with Crippen molar-refractivity contribution in [3.63, 3.8) is 0 Å². The molecule has 0 aliphatic heterocycles. The van der Waals surface area contributed by atoms with Crippen LogP contribution in [0.3, 0.4) is 0 Å². The summed E-state index contributed by atoms with van der Waals surface area (Å²) in [5.41, 5.74) is 1.50. The molecule has 2 aromatic heterocycles. The van der Waals surface area contributed by atoms with E-state index in [0.29, 0.717) is 17.3 Å². The summed E-state index contributed by atoms with van der Waals surface area (Å²) in [6, 6.07) is 15.0. The number of aliphatic hydroxyl groups excluding tert-OH is 1. The molecule has 19 heavy (non-hydrogen) atoms. The molecule has 0 spiro atoms. The fourth-order valence-electron chi connectivity index (χ4n) is 1.83. The molecule has 4 nitrogen and oxygen atoms in total. The molecule has 1 aromatic carbocycles. The Morgan fingerprint density at radius 2 is 1.95 bits per heavy atom. The van der Waals surface area contributed by atoms with Crippen LogP contribution in [0.2, 0.25) is 0 Å². The van der Waals surface area contributed by atoms with Crippen molar-refractivity contribution >= 4 is 10.9 Å². The van der Waals surface area contributed by atoms with Crippen LogP contribution >= 0.6 is 0 Å². The van der Waals surface area contributed by atoms with Crippen LogP contribution < -0.4 is 4.74 Å². The Kier molecular flexibility index (Phi) is 3.08. The molecule has 0 atom stereocenters. The van der Waals surface area contributed by atoms with Crippen molar-refractivity contribution in [1.82, 2.24) is 9.97 Å². The highest BCUT2D eigenvalue weighted by atomic mass is 16.5. The first-order valence-corrected chi connectivity index (χ1v) is 5.94. The van der Waals surface area contributed by atoms with Crippen molar-refractivity contribution in [2.45, 2.75) is 6.61 Å². The van der Waals surface area contributed by atoms with E-state index in [4.69, 9.17) is 9.84 Å². The monoisotopic (exact) mass is 252 g/mol. The summed E-state index contributed by atoms with van der Waals surface area (Å²) in [7, 11) is 0. The summed E-state index contributed by atoms with van der Waals surface area (Å²) >= 11 is 0. The maximum absolute atomic E-state index is 9.04. The summed E-state index contributed by atoms with van der Waals surface area (Å²) in [6.07, 6.45) is 1.66. The molecule has 0 amide bonds. The lowest BCUT2D eigenvalue weighted by molar-refractivity contribution is 0.275. The van der Waals surface area contributed by atoms with E-state index >= 15 is 0 Å². The second-order valence-electron chi connectivity index (χ2n) is 4.09. The van der Waals surface area contributed by atoms with Crippen molar-refractivity contribution in [3.8, 4) is 11.6 Å². The number of rotatable bonds is 3. The minimum Gasteiger partial charge on any atom is -0.437 e. The zero-order valence-corrected chi connectivity index (χ0v) is 10.2. The Bertz CT molecular complexity index is 713. The highest BCUT2D eigenvalue weighted by Gasteiger charge is 2.02. The van der Waals surface area contributed by atoms with Crippen molar-refractivity contribution in [2.75, 3.05) is 0 Å². The van der Waals surface area contributed by atoms with Crippen molar-refractivity contribution in [2.24, 2.45) is 0 Å². The minimum atomic E-state index is -0.104. The molecule has 4 heteroatoms. The number of hydrogen-bond acceptors (Lipinski definition) is 4. The predicted molar refractivity (Wildman–Crippen MR) is 72.0 cm³/mol. The lowest BCUT2D eigenvalue weighted by Crippen LogP contribution is -1.93. The highest BCUT2D eigenvalue weighted by Crippen LogP contribution is 2.22. The van der Waals surface area contributed by atoms with Crippen LogP contribution in [-0.2, 0) is 6.61 Å². The number of pyridine rings is 2. The van der Waals surface area contributed by atoms with Crippen molar-refractivity contribution < 1.29 is 9.84 Å². The topological polar surface area (TPSA) is 55.2 Å². The number of para-hydroxylation sites is 1. The second kappa shape index (κ2) is 5.04. The number of benzene rings is 1. The van der Waals surface area contributed by atoms with E-state index in [1.807, 2.05) is 30.3 Å². The van der Waals surface area contributed by atoms with Gasteiger partial charge in [0.05, 0.1) is 24.0 Å². The molecule has 2 heterocycles. The normalized spacial score (nSPS) is 10.6. The van der Waals surface area contributed by atoms with Gasteiger partial charge in [0.25, 0.3) is 0 Å². The third-order valence-electron chi connectivity index (χ3n) is 2.73. The second-order valence-corrected chi connectivity index (χ2v) is 4.09. The van der Waals surface area contributed by atoms with E-state index in [2.05, 4.69) is 9.97 Å². The van der Waals surface area contributed by atoms with Gasteiger partial charge in [-0.15, -0.1) is 0 Å². The summed E-state index contributed by atoms with van der Waals surface area (Å²) in [6.45, 7) is -0.104. The lowest BCUT2D eigenvalue weighted by Gasteiger charge is -2.06. The molecule has 0 radical (unpaired) electrons. The molecule has 1 N–H and O–H groups in total. The van der Waals surface area contributed by atoms with Crippen molar-refractivity contribution in [1.29, 1.82) is 0 Å². The lowest BCUT2D eigenvalue weighted by atomic mass is 10.2. The van der Waals surface area contributed by atoms with Gasteiger partial charge in [-0.3, -0.25) is 4.98 Å². The summed E-state index contributed by atoms with van der Waals surface area (Å²) in [5, 5.41) is 10.1. The van der Waals surface area contributed by atoms with Gasteiger partial charge in [-0.2, -0.15) is 0 Å². The number of hydrogen-bond donors (Lipinski definition) is 1. The first-order chi connectivity index (χ1) is 9.35. The van der Waals surface area contributed by atoms with Crippen molar-refractivity contribution in [3.05, 3.63) is 60.4 Å². The van der Waals surface area contributed by atoms with Gasteiger partial charge in [0, 0.05) is 11.5 Å². The average Bonchev–Trinajstić information content (AvgIpc) is 2.47. The van der Waals surface area contributed by atoms with E-state index < -0.39 is 0 Å². The van der Waals surface area contributed by atoms with Gasteiger partial charge in [0.1, 0.15) is 5.75 Å². The Morgan fingerprint density at radius 3 is 2.84 bits per heavy atom. The molecule has 0 unspecified atom stereocenters. The standard InChI is InChI=1S/C15H12N2O2/c18-10-12-5-3-7-15(17-12)19-13-8-11-4-1-2-6-14(11)16-9-13/h1-9,18H,10H2. The molecule has 3 rings (SSSR count). The van der Waals surface area contributed by atoms with Crippen LogP contribution in [0.4, 0.5) is 0 Å². The maximum atomic E-state index is 9.04. The fraction of sp³-hybridized carbons (Fsp3) is 0.0667. The van der Waals surface area contributed by atoms with Crippen LogP contribution in [0.1, 0.15) is 5.69 Å². The minimum absolute atomic E-state index is 0.104. The maximum Gasteiger partial charge on any atom is 0.219 e. The molecule has 0 bridgehead atoms. The molecule has 3 aromatic rings. The molecule has 94 valence electrons. The van der Waals surface area contributed by atoms with E-state index in [1.54, 1.807) is 24.4 Å². The Balaban J connectivity index is 1.92. The molecule has 0 aliphatic rings. The van der Waals surface area contributed by atoms with Gasteiger partial charge in [-0.25, -0.2) is 4.98 Å². The SMILES string of the molecule is OCc1cccc(Oc2cnc3ccccc3c2)n1. The van der Waals surface area contributed by atoms with E-state index in [-0.39, 0.29) is 6.61 Å². The molecule has 0 saturated heterocycles. The van der Waals surface area contributed by atoms with E-state index in [0.717, 1.165) is 10.9 Å². The van der Waals surface area contributed by atoms with Gasteiger partial charge in [0.15, 0.2) is 0 Å². The molecule has 0 fully saturated rings. The van der Waals surface area contributed by atoms with E-state index in [1.165, 1.54) is 0 Å². The van der Waals surface area contributed by atoms with Gasteiger partial charge in [-0.1, -0.05) is 24.3 Å². The number of aliphatic hydroxyl groups is 1. The third kappa shape index (κ3) is 2.53. The van der Waals surface area contributed by atoms with Crippen LogP contribution in [0.25, 0.3) is 10.9 Å². The number of fused-ring (bicyclic) bond motifs is 1. The summed E-state index contributed by atoms with van der Waals surface area (Å²) in [5.74, 6) is 1.07. The Labute approximate surface area is 110 Å². The Hall–Kier alpha value is -2.46. The molecular weight excluding hydrogens is 240 g/mol. The van der Waals surface area contributed by atoms with Gasteiger partial charge < -0.3 is 9.84 Å². The van der Waals surface area contributed by atoms with Gasteiger partial charge in [0.2, 0.25) is 5.88 Å². The first-order valence-electron chi connectivity index (χ1n) is 5.94. The summed E-state index contributed by atoms with van der Waals surface area (Å²) in [4.78, 5) is 8.48. The van der Waals surface area contributed by atoms with E-state index in [9.17, 15) is 0 Å². The zero-order chi connectivity index (χ0) is 13.1. The van der Waals surface area contributed by atoms with Crippen LogP contribution in [0.5, 0.6) is 11.6 Å². The fourth-order valence-corrected chi connectivity index (χ4v) is 1.83. The zero-order valence-electron chi connectivity index (χ0n) is 10.2. The highest BCUT2D eigenvalue weighted by molar-refractivity contribution is 5.79. The third-order valence-corrected chi connectivity index (χ3v) is 2.73. The smallest absolute Gasteiger partial charge is 0.219 e. The average molecular weight is 252 g/mol. The Morgan fingerprint density at radius 1 is 1.05 bits per heavy atom. The largest absolute Gasteiger partial charge is 0.437 e. The molecule has 0 saturated carbocycles. The van der Waals surface area contributed by atoms with Crippen LogP contribution in [0, 0.1) is 0 Å². The van der Waals surface area contributed by atoms with Crippen LogP contribution in [-0.4, -0.2) is 15.1 Å². The first kappa shape index (κ1) is 11.6.